The summed E-state index contributed by atoms with van der Waals surface area (Å²) >= 11 is 6.42. The molecule has 4 aromatic carbocycles. The summed E-state index contributed by atoms with van der Waals surface area (Å²) in [5.74, 6) is 1.86. The second-order valence-corrected chi connectivity index (χ2v) is 9.38. The maximum atomic E-state index is 6.42. The molecule has 1 aliphatic carbocycles. The molecule has 0 unspecified atom stereocenters. The van der Waals surface area contributed by atoms with Crippen molar-refractivity contribution in [2.75, 3.05) is 0 Å². The first-order chi connectivity index (χ1) is 17.7. The number of hydrogen-bond donors (Lipinski definition) is 0. The van der Waals surface area contributed by atoms with E-state index in [2.05, 4.69) is 36.4 Å². The van der Waals surface area contributed by atoms with E-state index in [1.165, 1.54) is 0 Å². The molecule has 4 nitrogen and oxygen atoms in total. The molecule has 2 aromatic heterocycles. The molecular formula is C31H20ClN3O. The lowest BCUT2D eigenvalue weighted by molar-refractivity contribution is 0.669. The van der Waals surface area contributed by atoms with Crippen LogP contribution in [-0.2, 0) is 0 Å². The van der Waals surface area contributed by atoms with Gasteiger partial charge in [0.05, 0.1) is 0 Å². The van der Waals surface area contributed by atoms with Gasteiger partial charge in [-0.3, -0.25) is 0 Å². The number of aromatic nitrogens is 3. The second-order valence-electron chi connectivity index (χ2n) is 8.90. The molecule has 0 amide bonds. The molecule has 172 valence electrons. The Morgan fingerprint density at radius 3 is 2.19 bits per heavy atom. The van der Waals surface area contributed by atoms with Crippen LogP contribution in [0.15, 0.2) is 107 Å². The molecule has 36 heavy (non-hydrogen) atoms. The highest BCUT2D eigenvalue weighted by molar-refractivity contribution is 6.30. The Hall–Kier alpha value is -4.28. The molecule has 0 fully saturated rings. The van der Waals surface area contributed by atoms with E-state index in [4.69, 9.17) is 31.0 Å². The van der Waals surface area contributed by atoms with Crippen molar-refractivity contribution in [3.63, 3.8) is 0 Å². The van der Waals surface area contributed by atoms with Gasteiger partial charge in [0.25, 0.3) is 0 Å². The predicted octanol–water partition coefficient (Wildman–Crippen LogP) is 8.56. The van der Waals surface area contributed by atoms with Crippen molar-refractivity contribution in [1.82, 2.24) is 15.0 Å². The molecule has 0 spiro atoms. The molecule has 0 saturated carbocycles. The van der Waals surface area contributed by atoms with Crippen LogP contribution in [0.4, 0.5) is 0 Å². The van der Waals surface area contributed by atoms with E-state index in [0.29, 0.717) is 17.5 Å². The number of halogens is 1. The Kier molecular flexibility index (Phi) is 4.93. The zero-order chi connectivity index (χ0) is 24.1. The fraction of sp³-hybridized carbons (Fsp3) is 0.0645. The van der Waals surface area contributed by atoms with E-state index in [-0.39, 0.29) is 0 Å². The summed E-state index contributed by atoms with van der Waals surface area (Å²) in [5.41, 5.74) is 4.44. The number of para-hydroxylation sites is 1. The van der Waals surface area contributed by atoms with Gasteiger partial charge in [-0.2, -0.15) is 0 Å². The Morgan fingerprint density at radius 1 is 0.639 bits per heavy atom. The van der Waals surface area contributed by atoms with Crippen LogP contribution in [0, 0.1) is 0 Å². The van der Waals surface area contributed by atoms with Crippen molar-refractivity contribution in [3.05, 3.63) is 108 Å². The number of allylic oxidation sites excluding steroid dienone is 4. The van der Waals surface area contributed by atoms with Gasteiger partial charge in [0.1, 0.15) is 11.2 Å². The highest BCUT2D eigenvalue weighted by atomic mass is 35.5. The topological polar surface area (TPSA) is 51.8 Å². The van der Waals surface area contributed by atoms with E-state index < -0.39 is 0 Å². The highest BCUT2D eigenvalue weighted by Crippen LogP contribution is 2.37. The van der Waals surface area contributed by atoms with Gasteiger partial charge in [-0.25, -0.2) is 15.0 Å². The van der Waals surface area contributed by atoms with Crippen LogP contribution >= 0.6 is 11.6 Å². The summed E-state index contributed by atoms with van der Waals surface area (Å²) in [4.78, 5) is 14.9. The maximum absolute atomic E-state index is 6.42. The van der Waals surface area contributed by atoms with E-state index in [1.807, 2.05) is 60.7 Å². The zero-order valence-electron chi connectivity index (χ0n) is 19.3. The highest BCUT2D eigenvalue weighted by Gasteiger charge is 2.19. The molecule has 6 aromatic rings. The normalized spacial score (nSPS) is 13.8. The van der Waals surface area contributed by atoms with Gasteiger partial charge in [-0.05, 0) is 41.8 Å². The molecule has 1 aliphatic rings. The van der Waals surface area contributed by atoms with Crippen molar-refractivity contribution in [2.45, 2.75) is 12.8 Å². The summed E-state index contributed by atoms with van der Waals surface area (Å²) in [6.07, 6.45) is 5.80. The van der Waals surface area contributed by atoms with Crippen molar-refractivity contribution in [1.29, 1.82) is 0 Å². The third kappa shape index (κ3) is 3.50. The lowest BCUT2D eigenvalue weighted by Gasteiger charge is -2.13. The molecule has 5 heteroatoms. The average molecular weight is 486 g/mol. The van der Waals surface area contributed by atoms with Crippen LogP contribution in [0.25, 0.3) is 61.1 Å². The summed E-state index contributed by atoms with van der Waals surface area (Å²) in [6, 6.07) is 28.6. The fourth-order valence-electron chi connectivity index (χ4n) is 4.95. The maximum Gasteiger partial charge on any atom is 0.164 e. The van der Waals surface area contributed by atoms with Crippen LogP contribution in [0.2, 0.25) is 0 Å². The number of nitrogens with zero attached hydrogens (tertiary/aromatic N) is 3. The molecule has 0 atom stereocenters. The Bertz CT molecular complexity index is 1860. The van der Waals surface area contributed by atoms with Crippen molar-refractivity contribution in [2.24, 2.45) is 0 Å². The summed E-state index contributed by atoms with van der Waals surface area (Å²) in [6.45, 7) is 0. The van der Waals surface area contributed by atoms with Crippen molar-refractivity contribution >= 4 is 49.9 Å². The van der Waals surface area contributed by atoms with Gasteiger partial charge < -0.3 is 4.42 Å². The standard InChI is InChI=1S/C31H20ClN3O/c32-21-11-5-10-20(18-21)29-33-30(23-14-6-9-19-8-1-2-12-22(19)23)35-31(34-29)25-15-7-17-27-28(25)24-13-3-4-16-26(24)36-27/h1-4,6-10,12-18H,5,11H2. The minimum Gasteiger partial charge on any atom is -0.456 e. The summed E-state index contributed by atoms with van der Waals surface area (Å²) in [7, 11) is 0. The van der Waals surface area contributed by atoms with Crippen LogP contribution in [0.1, 0.15) is 18.7 Å². The first-order valence-corrected chi connectivity index (χ1v) is 12.3. The Labute approximate surface area is 212 Å². The first-order valence-electron chi connectivity index (χ1n) is 12.0. The molecule has 2 heterocycles. The largest absolute Gasteiger partial charge is 0.456 e. The molecule has 0 bridgehead atoms. The first kappa shape index (κ1) is 21.0. The van der Waals surface area contributed by atoms with E-state index in [1.54, 1.807) is 0 Å². The average Bonchev–Trinajstić information content (AvgIpc) is 3.31. The van der Waals surface area contributed by atoms with Gasteiger partial charge in [0.2, 0.25) is 0 Å². The van der Waals surface area contributed by atoms with Gasteiger partial charge in [0, 0.05) is 32.5 Å². The van der Waals surface area contributed by atoms with Gasteiger partial charge in [0.15, 0.2) is 17.5 Å². The van der Waals surface area contributed by atoms with Crippen molar-refractivity contribution < 1.29 is 4.42 Å². The predicted molar refractivity (Wildman–Crippen MR) is 147 cm³/mol. The van der Waals surface area contributed by atoms with E-state index in [9.17, 15) is 0 Å². The number of rotatable bonds is 3. The summed E-state index contributed by atoms with van der Waals surface area (Å²) < 4.78 is 6.14. The van der Waals surface area contributed by atoms with Crippen LogP contribution in [0.5, 0.6) is 0 Å². The third-order valence-electron chi connectivity index (χ3n) is 6.63. The summed E-state index contributed by atoms with van der Waals surface area (Å²) in [5, 5.41) is 5.09. The lowest BCUT2D eigenvalue weighted by atomic mass is 10.0. The molecule has 0 N–H and O–H groups in total. The minimum atomic E-state index is 0.607. The molecular weight excluding hydrogens is 466 g/mol. The molecule has 0 aliphatic heterocycles. The van der Waals surface area contributed by atoms with Gasteiger partial charge in [-0.1, -0.05) is 90.5 Å². The number of hydrogen-bond acceptors (Lipinski definition) is 4. The SMILES string of the molecule is ClC1=CC(c2nc(-c3cccc4ccccc34)nc(-c3cccc4oc5ccccc5c34)n2)=CCC1. The minimum absolute atomic E-state index is 0.607. The number of fused-ring (bicyclic) bond motifs is 4. The van der Waals surface area contributed by atoms with Crippen LogP contribution in [0.3, 0.4) is 0 Å². The number of furan rings is 1. The molecule has 0 radical (unpaired) electrons. The molecule has 7 rings (SSSR count). The van der Waals surface area contributed by atoms with Crippen LogP contribution in [-0.4, -0.2) is 15.0 Å². The van der Waals surface area contributed by atoms with E-state index >= 15 is 0 Å². The van der Waals surface area contributed by atoms with Crippen LogP contribution < -0.4 is 0 Å². The second kappa shape index (κ2) is 8.43. The monoisotopic (exact) mass is 485 g/mol. The van der Waals surface area contributed by atoms with Crippen molar-refractivity contribution in [3.8, 4) is 22.8 Å². The van der Waals surface area contributed by atoms with Gasteiger partial charge in [-0.15, -0.1) is 0 Å². The zero-order valence-corrected chi connectivity index (χ0v) is 20.0. The third-order valence-corrected chi connectivity index (χ3v) is 6.93. The Morgan fingerprint density at radius 2 is 1.31 bits per heavy atom. The molecule has 0 saturated heterocycles. The fourth-order valence-corrected chi connectivity index (χ4v) is 5.18. The quantitative estimate of drug-likeness (QED) is 0.252. The smallest absolute Gasteiger partial charge is 0.164 e. The Balaban J connectivity index is 1.53. The number of benzene rings is 4. The van der Waals surface area contributed by atoms with E-state index in [0.717, 1.165) is 67.3 Å². The van der Waals surface area contributed by atoms with Gasteiger partial charge >= 0.3 is 0 Å². The lowest BCUT2D eigenvalue weighted by Crippen LogP contribution is -2.04.